The van der Waals surface area contributed by atoms with Gasteiger partial charge in [-0.05, 0) is 72.7 Å². The first-order valence-corrected chi connectivity index (χ1v) is 16.9. The molecule has 2 bridgehead atoms. The largest absolute Gasteiger partial charge is 0.509 e. The van der Waals surface area contributed by atoms with Crippen molar-refractivity contribution in [3.63, 3.8) is 0 Å². The summed E-state index contributed by atoms with van der Waals surface area (Å²) < 4.78 is 29.2. The number of amides is 2. The fraction of sp³-hybridized carbons (Fsp3) is 0.629. The van der Waals surface area contributed by atoms with E-state index in [9.17, 15) is 34.2 Å². The monoisotopic (exact) mass is 701 g/mol. The average Bonchev–Trinajstić information content (AvgIpc) is 3.38. The van der Waals surface area contributed by atoms with Gasteiger partial charge in [0, 0.05) is 30.6 Å². The first kappa shape index (κ1) is 37.1. The lowest BCUT2D eigenvalue weighted by Crippen LogP contribution is -2.75. The van der Waals surface area contributed by atoms with E-state index in [0.29, 0.717) is 30.7 Å². The summed E-state index contributed by atoms with van der Waals surface area (Å²) in [4.78, 5) is 65.2. The molecule has 4 aliphatic rings. The molecule has 1 saturated heterocycles. The molecule has 2 amide bonds. The predicted molar refractivity (Wildman–Crippen MR) is 175 cm³/mol. The number of aliphatic hydroxyl groups is 2. The van der Waals surface area contributed by atoms with E-state index in [1.54, 1.807) is 26.8 Å². The molecule has 6 atom stereocenters. The van der Waals surface area contributed by atoms with Gasteiger partial charge < -0.3 is 44.5 Å². The van der Waals surface area contributed by atoms with Crippen LogP contribution in [0.4, 0.5) is 4.79 Å². The van der Waals surface area contributed by atoms with Crippen molar-refractivity contribution in [3.05, 3.63) is 40.7 Å². The summed E-state index contributed by atoms with van der Waals surface area (Å²) in [5, 5.41) is 24.8. The Morgan fingerprint density at radius 2 is 1.74 bits per heavy atom. The Hall–Kier alpha value is -4.21. The number of hydrogen-bond acceptors (Lipinski definition) is 13. The Kier molecular flexibility index (Phi) is 10.5. The van der Waals surface area contributed by atoms with Crippen LogP contribution in [0.15, 0.2) is 24.0 Å². The average molecular weight is 702 g/mol. The zero-order chi connectivity index (χ0) is 36.6. The van der Waals surface area contributed by atoms with Crippen LogP contribution >= 0.6 is 0 Å². The first-order valence-electron chi connectivity index (χ1n) is 16.9. The molecule has 1 aromatic rings. The lowest BCUT2D eigenvalue weighted by atomic mass is 9.50. The molecule has 0 aromatic heterocycles. The maximum Gasteiger partial charge on any atom is 0.509 e. The van der Waals surface area contributed by atoms with Crippen LogP contribution in [0.2, 0.25) is 0 Å². The summed E-state index contributed by atoms with van der Waals surface area (Å²) in [5.74, 6) is -1.66. The van der Waals surface area contributed by atoms with Crippen molar-refractivity contribution in [2.24, 2.45) is 0 Å². The zero-order valence-corrected chi connectivity index (χ0v) is 29.3. The number of carbonyl (C=O) groups is 5. The number of ether oxygens (including phenoxy) is 5. The summed E-state index contributed by atoms with van der Waals surface area (Å²) >= 11 is 0. The van der Waals surface area contributed by atoms with Crippen LogP contribution in [0.3, 0.4) is 0 Å². The van der Waals surface area contributed by atoms with Crippen molar-refractivity contribution < 1.29 is 57.9 Å². The lowest BCUT2D eigenvalue weighted by molar-refractivity contribution is -0.206. The number of nitrogens with one attached hydrogen (secondary N) is 2. The van der Waals surface area contributed by atoms with Crippen LogP contribution < -0.4 is 15.4 Å². The molecular formula is C35H47N3O12. The molecule has 0 saturated carbocycles. The summed E-state index contributed by atoms with van der Waals surface area (Å²) in [7, 11) is 1.97. The molecule has 5 rings (SSSR count). The highest BCUT2D eigenvalue weighted by Crippen LogP contribution is 2.65. The minimum Gasteiger partial charge on any atom is -0.481 e. The number of aliphatic hydroxyl groups excluding tert-OH is 2. The van der Waals surface area contributed by atoms with Gasteiger partial charge >= 0.3 is 18.1 Å². The maximum atomic E-state index is 13.7. The number of esters is 2. The van der Waals surface area contributed by atoms with E-state index >= 15 is 0 Å². The second-order valence-electron chi connectivity index (χ2n) is 14.3. The number of likely N-dealkylation sites (tertiary alicyclic amines) is 1. The summed E-state index contributed by atoms with van der Waals surface area (Å²) in [6.07, 6.45) is -1.62. The minimum atomic E-state index is -1.22. The van der Waals surface area contributed by atoms with Gasteiger partial charge in [-0.3, -0.25) is 24.1 Å². The number of likely N-dealkylation sites (N-methyl/N-ethyl adjacent to an activating group) is 1. The third kappa shape index (κ3) is 6.90. The second-order valence-corrected chi connectivity index (χ2v) is 14.3. The molecule has 1 spiro atoms. The van der Waals surface area contributed by atoms with Crippen molar-refractivity contribution in [1.82, 2.24) is 15.5 Å². The number of piperidine rings is 1. The van der Waals surface area contributed by atoms with Crippen molar-refractivity contribution in [2.45, 2.75) is 114 Å². The van der Waals surface area contributed by atoms with Gasteiger partial charge in [0.15, 0.2) is 12.2 Å². The molecule has 0 unspecified atom stereocenters. The second kappa shape index (κ2) is 14.2. The van der Waals surface area contributed by atoms with Crippen molar-refractivity contribution >= 4 is 29.9 Å². The summed E-state index contributed by atoms with van der Waals surface area (Å²) in [6, 6.07) is 3.50. The molecule has 1 fully saturated rings. The van der Waals surface area contributed by atoms with Crippen LogP contribution in [0.25, 0.3) is 0 Å². The van der Waals surface area contributed by atoms with E-state index in [-0.39, 0.29) is 50.8 Å². The normalized spacial score (nSPS) is 25.9. The highest BCUT2D eigenvalue weighted by Gasteiger charge is 2.74. The minimum absolute atomic E-state index is 0.0393. The Bertz CT molecular complexity index is 1570. The van der Waals surface area contributed by atoms with Gasteiger partial charge in [0.05, 0.1) is 30.9 Å². The molecule has 2 aliphatic heterocycles. The van der Waals surface area contributed by atoms with E-state index in [0.717, 1.165) is 11.1 Å². The highest BCUT2D eigenvalue weighted by molar-refractivity contribution is 5.83. The van der Waals surface area contributed by atoms with Gasteiger partial charge in [-0.15, -0.1) is 0 Å². The highest BCUT2D eigenvalue weighted by atomic mass is 16.7. The molecular weight excluding hydrogens is 654 g/mol. The lowest BCUT2D eigenvalue weighted by Gasteiger charge is -2.62. The quantitative estimate of drug-likeness (QED) is 0.180. The Labute approximate surface area is 290 Å². The summed E-state index contributed by atoms with van der Waals surface area (Å²) in [5.41, 5.74) is -0.520. The number of nitrogens with zero attached hydrogens (tertiary/aromatic N) is 1. The fourth-order valence-corrected chi connectivity index (χ4v) is 7.58. The molecule has 274 valence electrons. The third-order valence-electron chi connectivity index (χ3n) is 9.78. The van der Waals surface area contributed by atoms with Gasteiger partial charge in [0.1, 0.15) is 28.8 Å². The van der Waals surface area contributed by atoms with Crippen molar-refractivity contribution in [2.75, 3.05) is 26.7 Å². The van der Waals surface area contributed by atoms with Crippen molar-refractivity contribution in [3.8, 4) is 5.75 Å². The van der Waals surface area contributed by atoms with Crippen LogP contribution in [0.5, 0.6) is 5.75 Å². The summed E-state index contributed by atoms with van der Waals surface area (Å²) in [6.45, 7) is 7.96. The number of carbonyl (C=O) groups excluding carboxylic acids is 5. The van der Waals surface area contributed by atoms with Gasteiger partial charge in [0.25, 0.3) is 5.91 Å². The van der Waals surface area contributed by atoms with E-state index < -0.39 is 64.8 Å². The van der Waals surface area contributed by atoms with Gasteiger partial charge in [-0.1, -0.05) is 12.1 Å². The number of benzene rings is 1. The van der Waals surface area contributed by atoms with E-state index in [1.807, 2.05) is 19.2 Å². The number of hydrogen-bond donors (Lipinski definition) is 4. The topological polar surface area (TPSA) is 199 Å². The Balaban J connectivity index is 1.37. The molecule has 1 aromatic carbocycles. The van der Waals surface area contributed by atoms with E-state index in [4.69, 9.17) is 23.7 Å². The maximum absolute atomic E-state index is 13.7. The SMILES string of the molecule is C[C@H](O)C(=O)NCCC(=O)OC1=CC[C@@]2(OC(=O)CCNC(=O)[C@H](C)OC(=O)OC(C)(C)C)[C@H]3Cc4ccc(CO)c5c4[C@@]2(CCN3C)[C@H]1O5. The smallest absolute Gasteiger partial charge is 0.481 e. The molecule has 0 radical (unpaired) electrons. The first-order chi connectivity index (χ1) is 23.5. The Morgan fingerprint density at radius 3 is 2.40 bits per heavy atom. The molecule has 15 heteroatoms. The van der Waals surface area contributed by atoms with Crippen LogP contribution in [0.1, 0.15) is 77.0 Å². The fourth-order valence-electron chi connectivity index (χ4n) is 7.58. The van der Waals surface area contributed by atoms with Crippen LogP contribution in [-0.4, -0.2) is 107 Å². The third-order valence-corrected chi connectivity index (χ3v) is 9.78. The van der Waals surface area contributed by atoms with E-state index in [1.165, 1.54) is 13.8 Å². The molecule has 4 N–H and O–H groups in total. The molecule has 15 nitrogen and oxygen atoms in total. The predicted octanol–water partition coefficient (Wildman–Crippen LogP) is 1.28. The van der Waals surface area contributed by atoms with Gasteiger partial charge in [-0.2, -0.15) is 0 Å². The molecule has 2 aliphatic carbocycles. The molecule has 50 heavy (non-hydrogen) atoms. The molecule has 2 heterocycles. The van der Waals surface area contributed by atoms with Gasteiger partial charge in [-0.25, -0.2) is 4.79 Å². The Morgan fingerprint density at radius 1 is 1.06 bits per heavy atom. The number of rotatable bonds is 12. The van der Waals surface area contributed by atoms with Crippen molar-refractivity contribution in [1.29, 1.82) is 0 Å². The zero-order valence-electron chi connectivity index (χ0n) is 29.3. The standard InChI is InChI=1S/C35H47N3O12/c1-19(40)30(43)36-14-10-25(41)47-23-9-12-35(49-26(42)11-15-37-31(44)20(2)46-32(45)50-33(3,4)5)24-17-21-7-8-22(18-39)28-27(21)34(35,29(23)48-28)13-16-38(24)6/h7-9,19-20,24,29,39-40H,10-18H2,1-6H3,(H,36,43)(H,37,44)/t19-,20-,24+,29-,34-,35+/m0/s1. The van der Waals surface area contributed by atoms with Gasteiger partial charge in [0.2, 0.25) is 5.91 Å². The van der Waals surface area contributed by atoms with Crippen LogP contribution in [-0.2, 0) is 56.6 Å². The van der Waals surface area contributed by atoms with E-state index in [2.05, 4.69) is 15.5 Å². The van der Waals surface area contributed by atoms with Crippen LogP contribution in [0, 0.1) is 0 Å².